The number of hydrogen-bond acceptors (Lipinski definition) is 1. The van der Waals surface area contributed by atoms with Gasteiger partial charge in [-0.3, -0.25) is 0 Å². The van der Waals surface area contributed by atoms with Crippen LogP contribution in [0.5, 0.6) is 5.75 Å². The second kappa shape index (κ2) is 3.56. The molecule has 0 fully saturated rings. The Hall–Kier alpha value is -1.96. The van der Waals surface area contributed by atoms with Crippen LogP contribution in [0.25, 0.3) is 11.1 Å². The van der Waals surface area contributed by atoms with E-state index in [1.165, 1.54) is 11.1 Å². The van der Waals surface area contributed by atoms with Crippen LogP contribution in [0.4, 0.5) is 11.4 Å². The minimum absolute atomic E-state index is 0.692. The Labute approximate surface area is 94.9 Å². The van der Waals surface area contributed by atoms with Crippen molar-refractivity contribution in [1.82, 2.24) is 5.32 Å². The van der Waals surface area contributed by atoms with Crippen molar-refractivity contribution in [3.63, 3.8) is 0 Å². The Balaban J connectivity index is 2.11. The van der Waals surface area contributed by atoms with Crippen LogP contribution in [0.3, 0.4) is 0 Å². The second-order valence-electron chi connectivity index (χ2n) is 3.74. The van der Waals surface area contributed by atoms with Gasteiger partial charge in [0, 0.05) is 11.1 Å². The van der Waals surface area contributed by atoms with Gasteiger partial charge in [0.2, 0.25) is 0 Å². The first-order valence-corrected chi connectivity index (χ1v) is 5.46. The van der Waals surface area contributed by atoms with Crippen LogP contribution >= 0.6 is 0 Å². The van der Waals surface area contributed by atoms with Crippen molar-refractivity contribution >= 4 is 11.4 Å². The Morgan fingerprint density at radius 2 is 1.81 bits per heavy atom. The molecule has 0 spiro atoms. The lowest BCUT2D eigenvalue weighted by molar-refractivity contribution is 0.340. The minimum Gasteiger partial charge on any atom is -0.494 e. The summed E-state index contributed by atoms with van der Waals surface area (Å²) in [7, 11) is 0. The monoisotopic (exact) mass is 210 g/mol. The summed E-state index contributed by atoms with van der Waals surface area (Å²) < 4.78 is 5.50. The summed E-state index contributed by atoms with van der Waals surface area (Å²) >= 11 is 0. The highest BCUT2D eigenvalue weighted by atomic mass is 16.5. The van der Waals surface area contributed by atoms with Crippen LogP contribution in [0.15, 0.2) is 42.5 Å². The highest BCUT2D eigenvalue weighted by molar-refractivity contribution is 5.91. The van der Waals surface area contributed by atoms with Crippen LogP contribution in [-0.2, 0) is 0 Å². The highest BCUT2D eigenvalue weighted by Gasteiger charge is 2.19. The van der Waals surface area contributed by atoms with Gasteiger partial charge in [0.25, 0.3) is 0 Å². The summed E-state index contributed by atoms with van der Waals surface area (Å²) in [4.78, 5) is 0. The van der Waals surface area contributed by atoms with Gasteiger partial charge < -0.3 is 4.74 Å². The molecule has 79 valence electrons. The second-order valence-corrected chi connectivity index (χ2v) is 3.74. The molecule has 2 nitrogen and oxygen atoms in total. The van der Waals surface area contributed by atoms with Crippen molar-refractivity contribution in [1.29, 1.82) is 0 Å². The van der Waals surface area contributed by atoms with Gasteiger partial charge in [0.1, 0.15) is 5.75 Å². The SMILES string of the molecule is CCOc1ccc2c(c1)-c1ccccc1[N]2. The lowest BCUT2D eigenvalue weighted by atomic mass is 10.1. The van der Waals surface area contributed by atoms with Crippen LogP contribution in [0, 0.1) is 0 Å². The average Bonchev–Trinajstić information content (AvgIpc) is 2.68. The molecule has 1 radical (unpaired) electrons. The average molecular weight is 210 g/mol. The van der Waals surface area contributed by atoms with E-state index in [1.54, 1.807) is 0 Å². The van der Waals surface area contributed by atoms with Crippen LogP contribution in [0.2, 0.25) is 0 Å². The van der Waals surface area contributed by atoms with Gasteiger partial charge in [-0.15, -0.1) is 0 Å². The first-order valence-electron chi connectivity index (χ1n) is 5.46. The van der Waals surface area contributed by atoms with Gasteiger partial charge in [-0.25, -0.2) is 5.32 Å². The van der Waals surface area contributed by atoms with E-state index < -0.39 is 0 Å². The lowest BCUT2D eigenvalue weighted by Crippen LogP contribution is -1.91. The standard InChI is InChI=1S/C14H12NO/c1-2-16-10-7-8-14-12(9-10)11-5-3-4-6-13(11)15-14/h3-9H,2H2,1H3. The van der Waals surface area contributed by atoms with Gasteiger partial charge in [0.05, 0.1) is 18.0 Å². The Morgan fingerprint density at radius 1 is 1.00 bits per heavy atom. The molecule has 0 saturated carbocycles. The molecular weight excluding hydrogens is 198 g/mol. The van der Waals surface area contributed by atoms with Gasteiger partial charge in [-0.05, 0) is 31.2 Å². The Bertz CT molecular complexity index is 534. The zero-order valence-electron chi connectivity index (χ0n) is 9.10. The third-order valence-corrected chi connectivity index (χ3v) is 2.71. The molecule has 0 bridgehead atoms. The van der Waals surface area contributed by atoms with E-state index >= 15 is 0 Å². The molecule has 0 saturated heterocycles. The number of para-hydroxylation sites is 1. The molecule has 1 aliphatic rings. The molecule has 3 rings (SSSR count). The lowest BCUT2D eigenvalue weighted by Gasteiger charge is -2.04. The summed E-state index contributed by atoms with van der Waals surface area (Å²) in [6, 6.07) is 14.2. The predicted molar refractivity (Wildman–Crippen MR) is 64.5 cm³/mol. The van der Waals surface area contributed by atoms with Crippen molar-refractivity contribution in [2.45, 2.75) is 6.92 Å². The van der Waals surface area contributed by atoms with Gasteiger partial charge in [-0.1, -0.05) is 18.2 Å². The molecule has 2 aromatic carbocycles. The predicted octanol–water partition coefficient (Wildman–Crippen LogP) is 3.63. The van der Waals surface area contributed by atoms with E-state index in [0.29, 0.717) is 6.61 Å². The zero-order valence-corrected chi connectivity index (χ0v) is 9.10. The van der Waals surface area contributed by atoms with Crippen LogP contribution in [-0.4, -0.2) is 6.61 Å². The topological polar surface area (TPSA) is 23.3 Å². The fourth-order valence-electron chi connectivity index (χ4n) is 2.01. The summed E-state index contributed by atoms with van der Waals surface area (Å²) in [5.74, 6) is 0.910. The van der Waals surface area contributed by atoms with Crippen molar-refractivity contribution in [2.24, 2.45) is 0 Å². The number of hydrogen-bond donors (Lipinski definition) is 0. The Morgan fingerprint density at radius 3 is 2.69 bits per heavy atom. The molecule has 1 heterocycles. The first kappa shape index (κ1) is 9.28. The summed E-state index contributed by atoms with van der Waals surface area (Å²) in [6.07, 6.45) is 0. The molecule has 1 aliphatic heterocycles. The van der Waals surface area contributed by atoms with Crippen molar-refractivity contribution in [3.8, 4) is 16.9 Å². The van der Waals surface area contributed by atoms with E-state index in [-0.39, 0.29) is 0 Å². The van der Waals surface area contributed by atoms with Crippen molar-refractivity contribution in [2.75, 3.05) is 6.61 Å². The van der Waals surface area contributed by atoms with Gasteiger partial charge in [-0.2, -0.15) is 0 Å². The van der Waals surface area contributed by atoms with Crippen LogP contribution in [0.1, 0.15) is 6.92 Å². The third kappa shape index (κ3) is 1.34. The molecule has 0 N–H and O–H groups in total. The number of ether oxygens (including phenoxy) is 1. The minimum atomic E-state index is 0.692. The van der Waals surface area contributed by atoms with E-state index in [2.05, 4.69) is 17.4 Å². The molecule has 2 aromatic rings. The molecule has 0 atom stereocenters. The fraction of sp³-hybridized carbons (Fsp3) is 0.143. The van der Waals surface area contributed by atoms with E-state index in [0.717, 1.165) is 17.1 Å². The number of nitrogens with zero attached hydrogens (tertiary/aromatic N) is 1. The molecule has 0 amide bonds. The maximum absolute atomic E-state index is 5.50. The molecule has 16 heavy (non-hydrogen) atoms. The third-order valence-electron chi connectivity index (χ3n) is 2.71. The van der Waals surface area contributed by atoms with Crippen LogP contribution < -0.4 is 10.1 Å². The largest absolute Gasteiger partial charge is 0.494 e. The smallest absolute Gasteiger partial charge is 0.120 e. The first-order chi connectivity index (χ1) is 7.88. The van der Waals surface area contributed by atoms with Crippen molar-refractivity contribution in [3.05, 3.63) is 42.5 Å². The van der Waals surface area contributed by atoms with E-state index in [4.69, 9.17) is 4.74 Å². The number of fused-ring (bicyclic) bond motifs is 3. The van der Waals surface area contributed by atoms with Gasteiger partial charge in [0.15, 0.2) is 0 Å². The van der Waals surface area contributed by atoms with E-state index in [1.807, 2.05) is 37.3 Å². The highest BCUT2D eigenvalue weighted by Crippen LogP contribution is 2.43. The fourth-order valence-corrected chi connectivity index (χ4v) is 2.01. The van der Waals surface area contributed by atoms with E-state index in [9.17, 15) is 0 Å². The Kier molecular flexibility index (Phi) is 2.07. The summed E-state index contributed by atoms with van der Waals surface area (Å²) in [6.45, 7) is 2.68. The maximum Gasteiger partial charge on any atom is 0.120 e. The summed E-state index contributed by atoms with van der Waals surface area (Å²) in [5, 5.41) is 4.56. The summed E-state index contributed by atoms with van der Waals surface area (Å²) in [5.41, 5.74) is 4.44. The van der Waals surface area contributed by atoms with Gasteiger partial charge >= 0.3 is 0 Å². The van der Waals surface area contributed by atoms with Crippen molar-refractivity contribution < 1.29 is 4.74 Å². The maximum atomic E-state index is 5.50. The number of rotatable bonds is 2. The normalized spacial score (nSPS) is 11.6. The quantitative estimate of drug-likeness (QED) is 0.633. The zero-order chi connectivity index (χ0) is 11.0. The molecule has 0 aromatic heterocycles. The molecule has 0 unspecified atom stereocenters. The number of benzene rings is 2. The molecule has 2 heteroatoms. The molecule has 0 aliphatic carbocycles. The molecular formula is C14H12NO.